The van der Waals surface area contributed by atoms with Gasteiger partial charge in [0.1, 0.15) is 5.75 Å². The van der Waals surface area contributed by atoms with Crippen LogP contribution in [-0.2, 0) is 6.54 Å². The first-order valence-electron chi connectivity index (χ1n) is 6.90. The molecule has 1 saturated heterocycles. The van der Waals surface area contributed by atoms with Crippen LogP contribution in [0, 0.1) is 0 Å². The van der Waals surface area contributed by atoms with Gasteiger partial charge in [-0.15, -0.1) is 0 Å². The van der Waals surface area contributed by atoms with Crippen LogP contribution >= 0.6 is 0 Å². The monoisotopic (exact) mass is 248 g/mol. The fourth-order valence-corrected chi connectivity index (χ4v) is 2.48. The van der Waals surface area contributed by atoms with E-state index in [-0.39, 0.29) is 0 Å². The lowest BCUT2D eigenvalue weighted by molar-refractivity contribution is 0.257. The van der Waals surface area contributed by atoms with Crippen molar-refractivity contribution in [3.05, 3.63) is 29.8 Å². The third-order valence-corrected chi connectivity index (χ3v) is 3.62. The molecule has 1 unspecified atom stereocenters. The average molecular weight is 248 g/mol. The van der Waals surface area contributed by atoms with Crippen molar-refractivity contribution >= 4 is 0 Å². The van der Waals surface area contributed by atoms with Gasteiger partial charge in [0.05, 0.1) is 7.11 Å². The van der Waals surface area contributed by atoms with Crippen LogP contribution in [0.3, 0.4) is 0 Å². The summed E-state index contributed by atoms with van der Waals surface area (Å²) in [5.74, 6) is 0.933. The second-order valence-electron chi connectivity index (χ2n) is 5.00. The van der Waals surface area contributed by atoms with Crippen molar-refractivity contribution in [2.45, 2.75) is 32.4 Å². The molecule has 1 aliphatic rings. The van der Waals surface area contributed by atoms with Gasteiger partial charge in [-0.2, -0.15) is 0 Å². The molecule has 0 saturated carbocycles. The van der Waals surface area contributed by atoms with E-state index in [2.05, 4.69) is 29.3 Å². The Morgan fingerprint density at radius 2 is 2.11 bits per heavy atom. The molecule has 1 heterocycles. The molecule has 0 spiro atoms. The third kappa shape index (κ3) is 3.72. The van der Waals surface area contributed by atoms with Crippen LogP contribution in [0.2, 0.25) is 0 Å². The van der Waals surface area contributed by atoms with E-state index in [1.807, 2.05) is 12.1 Å². The van der Waals surface area contributed by atoms with E-state index in [1.165, 1.54) is 24.9 Å². The van der Waals surface area contributed by atoms with E-state index in [4.69, 9.17) is 4.74 Å². The van der Waals surface area contributed by atoms with Crippen molar-refractivity contribution in [3.63, 3.8) is 0 Å². The summed E-state index contributed by atoms with van der Waals surface area (Å²) < 4.78 is 5.19. The number of nitrogens with one attached hydrogen (secondary N) is 1. The molecule has 3 nitrogen and oxygen atoms in total. The number of benzene rings is 1. The third-order valence-electron chi connectivity index (χ3n) is 3.62. The highest BCUT2D eigenvalue weighted by Gasteiger charge is 2.15. The van der Waals surface area contributed by atoms with Crippen molar-refractivity contribution in [1.29, 1.82) is 0 Å². The minimum atomic E-state index is 0.644. The topological polar surface area (TPSA) is 24.5 Å². The SMILES string of the molecule is CCC1CN(Cc2ccc(OC)cc2)CCCN1. The molecule has 1 fully saturated rings. The first-order chi connectivity index (χ1) is 8.81. The molecule has 1 aliphatic heterocycles. The van der Waals surface area contributed by atoms with Crippen molar-refractivity contribution in [2.75, 3.05) is 26.7 Å². The highest BCUT2D eigenvalue weighted by atomic mass is 16.5. The molecule has 1 atom stereocenters. The molecule has 18 heavy (non-hydrogen) atoms. The van der Waals surface area contributed by atoms with E-state index < -0.39 is 0 Å². The minimum Gasteiger partial charge on any atom is -0.497 e. The number of hydrogen-bond donors (Lipinski definition) is 1. The van der Waals surface area contributed by atoms with Crippen molar-refractivity contribution in [3.8, 4) is 5.75 Å². The molecule has 100 valence electrons. The summed E-state index contributed by atoms with van der Waals surface area (Å²) in [6.07, 6.45) is 2.45. The van der Waals surface area contributed by atoms with Gasteiger partial charge < -0.3 is 10.1 Å². The summed E-state index contributed by atoms with van der Waals surface area (Å²) in [4.78, 5) is 2.55. The Bertz CT molecular complexity index is 350. The van der Waals surface area contributed by atoms with Gasteiger partial charge in [0.15, 0.2) is 0 Å². The Morgan fingerprint density at radius 3 is 2.78 bits per heavy atom. The number of rotatable bonds is 4. The average Bonchev–Trinajstić information content (AvgIpc) is 2.65. The highest BCUT2D eigenvalue weighted by Crippen LogP contribution is 2.14. The molecule has 0 aromatic heterocycles. The predicted molar refractivity (Wildman–Crippen MR) is 75.0 cm³/mol. The van der Waals surface area contributed by atoms with E-state index in [1.54, 1.807) is 7.11 Å². The van der Waals surface area contributed by atoms with Crippen molar-refractivity contribution in [2.24, 2.45) is 0 Å². The van der Waals surface area contributed by atoms with E-state index >= 15 is 0 Å². The second-order valence-corrected chi connectivity index (χ2v) is 5.00. The van der Waals surface area contributed by atoms with Crippen LogP contribution in [-0.4, -0.2) is 37.7 Å². The van der Waals surface area contributed by atoms with Crippen LogP contribution in [0.5, 0.6) is 5.75 Å². The summed E-state index contributed by atoms with van der Waals surface area (Å²) in [5.41, 5.74) is 1.37. The Morgan fingerprint density at radius 1 is 1.33 bits per heavy atom. The van der Waals surface area contributed by atoms with Gasteiger partial charge in [0, 0.05) is 19.1 Å². The molecule has 3 heteroatoms. The molecular weight excluding hydrogens is 224 g/mol. The number of ether oxygens (including phenoxy) is 1. The van der Waals surface area contributed by atoms with Gasteiger partial charge in [-0.05, 0) is 43.6 Å². The molecular formula is C15H24N2O. The van der Waals surface area contributed by atoms with Crippen LogP contribution in [0.15, 0.2) is 24.3 Å². The number of nitrogens with zero attached hydrogens (tertiary/aromatic N) is 1. The smallest absolute Gasteiger partial charge is 0.118 e. The first kappa shape index (κ1) is 13.4. The predicted octanol–water partition coefficient (Wildman–Crippen LogP) is 2.27. The zero-order valence-electron chi connectivity index (χ0n) is 11.5. The first-order valence-corrected chi connectivity index (χ1v) is 6.90. The van der Waals surface area contributed by atoms with Crippen molar-refractivity contribution < 1.29 is 4.74 Å². The number of methoxy groups -OCH3 is 1. The van der Waals surface area contributed by atoms with Gasteiger partial charge in [-0.25, -0.2) is 0 Å². The Hall–Kier alpha value is -1.06. The van der Waals surface area contributed by atoms with E-state index in [0.717, 1.165) is 25.4 Å². The van der Waals surface area contributed by atoms with Gasteiger partial charge >= 0.3 is 0 Å². The number of hydrogen-bond acceptors (Lipinski definition) is 3. The van der Waals surface area contributed by atoms with Gasteiger partial charge in [-0.3, -0.25) is 4.90 Å². The minimum absolute atomic E-state index is 0.644. The summed E-state index contributed by atoms with van der Waals surface area (Å²) in [5, 5.41) is 3.60. The lowest BCUT2D eigenvalue weighted by Crippen LogP contribution is -2.36. The Labute approximate surface area is 110 Å². The quantitative estimate of drug-likeness (QED) is 0.884. The Kier molecular flexibility index (Phi) is 5.02. The standard InChI is InChI=1S/C15H24N2O/c1-3-14-12-17(10-4-9-16-14)11-13-5-7-15(18-2)8-6-13/h5-8,14,16H,3-4,9-12H2,1-2H3. The maximum atomic E-state index is 5.19. The van der Waals surface area contributed by atoms with Crippen LogP contribution in [0.4, 0.5) is 0 Å². The van der Waals surface area contributed by atoms with Gasteiger partial charge in [0.2, 0.25) is 0 Å². The van der Waals surface area contributed by atoms with Gasteiger partial charge in [0.25, 0.3) is 0 Å². The van der Waals surface area contributed by atoms with Crippen LogP contribution in [0.25, 0.3) is 0 Å². The Balaban J connectivity index is 1.93. The fourth-order valence-electron chi connectivity index (χ4n) is 2.48. The summed E-state index contributed by atoms with van der Waals surface area (Å²) in [7, 11) is 1.71. The molecule has 1 aromatic carbocycles. The second kappa shape index (κ2) is 6.76. The summed E-state index contributed by atoms with van der Waals surface area (Å²) >= 11 is 0. The molecule has 0 aliphatic carbocycles. The fraction of sp³-hybridized carbons (Fsp3) is 0.600. The van der Waals surface area contributed by atoms with Crippen LogP contribution in [0.1, 0.15) is 25.3 Å². The lowest BCUT2D eigenvalue weighted by atomic mass is 10.1. The van der Waals surface area contributed by atoms with Gasteiger partial charge in [-0.1, -0.05) is 19.1 Å². The maximum absolute atomic E-state index is 5.19. The highest BCUT2D eigenvalue weighted by molar-refractivity contribution is 5.27. The molecule has 0 amide bonds. The zero-order chi connectivity index (χ0) is 12.8. The lowest BCUT2D eigenvalue weighted by Gasteiger charge is -2.23. The summed E-state index contributed by atoms with van der Waals surface area (Å²) in [6, 6.07) is 9.06. The van der Waals surface area contributed by atoms with E-state index in [9.17, 15) is 0 Å². The van der Waals surface area contributed by atoms with Crippen molar-refractivity contribution in [1.82, 2.24) is 10.2 Å². The van der Waals surface area contributed by atoms with E-state index in [0.29, 0.717) is 6.04 Å². The molecule has 1 aromatic rings. The molecule has 0 radical (unpaired) electrons. The molecule has 1 N–H and O–H groups in total. The normalized spacial score (nSPS) is 21.6. The van der Waals surface area contributed by atoms with Crippen LogP contribution < -0.4 is 10.1 Å². The molecule has 2 rings (SSSR count). The largest absolute Gasteiger partial charge is 0.497 e. The maximum Gasteiger partial charge on any atom is 0.118 e. The summed E-state index contributed by atoms with van der Waals surface area (Å²) in [6.45, 7) is 6.80. The molecule has 0 bridgehead atoms. The zero-order valence-corrected chi connectivity index (χ0v) is 11.5.